The summed E-state index contributed by atoms with van der Waals surface area (Å²) in [4.78, 5) is 23.5. The van der Waals surface area contributed by atoms with Crippen molar-refractivity contribution in [2.45, 2.75) is 18.0 Å². The number of hydrogen-bond acceptors (Lipinski definition) is 7. The first-order valence-corrected chi connectivity index (χ1v) is 10.8. The molecule has 162 valence electrons. The molecule has 0 atom stereocenters. The number of nitrogens with one attached hydrogen (secondary N) is 1. The van der Waals surface area contributed by atoms with Crippen molar-refractivity contribution in [3.8, 4) is 0 Å². The van der Waals surface area contributed by atoms with E-state index in [9.17, 15) is 18.0 Å². The minimum Gasteiger partial charge on any atom is -0.463 e. The first-order chi connectivity index (χ1) is 14.8. The van der Waals surface area contributed by atoms with Crippen LogP contribution in [0.5, 0.6) is 0 Å². The molecule has 0 spiro atoms. The van der Waals surface area contributed by atoms with Gasteiger partial charge in [0.15, 0.2) is 0 Å². The number of halogens is 1. The van der Waals surface area contributed by atoms with E-state index in [1.807, 2.05) is 6.07 Å². The van der Waals surface area contributed by atoms with E-state index in [2.05, 4.69) is 9.46 Å². The predicted molar refractivity (Wildman–Crippen MR) is 111 cm³/mol. The van der Waals surface area contributed by atoms with Crippen molar-refractivity contribution in [2.75, 3.05) is 7.11 Å². The average molecular weight is 464 g/mol. The Balaban J connectivity index is 1.70. The lowest BCUT2D eigenvalue weighted by molar-refractivity contribution is 0.0438. The second-order valence-corrected chi connectivity index (χ2v) is 8.43. The number of carbonyl (C=O) groups is 2. The largest absolute Gasteiger partial charge is 0.463 e. The maximum absolute atomic E-state index is 12.7. The van der Waals surface area contributed by atoms with Crippen molar-refractivity contribution >= 4 is 33.6 Å². The SMILES string of the molecule is COC(=O)c1ccc(COC(=O)c2ccc(Cl)c(S(=O)(=O)NCc3ccccc3)c2)o1. The fourth-order valence-corrected chi connectivity index (χ4v) is 4.12. The van der Waals surface area contributed by atoms with E-state index in [-0.39, 0.29) is 40.2 Å². The quantitative estimate of drug-likeness (QED) is 0.508. The van der Waals surface area contributed by atoms with Crippen LogP contribution in [0.25, 0.3) is 0 Å². The van der Waals surface area contributed by atoms with Crippen molar-refractivity contribution < 1.29 is 31.9 Å². The van der Waals surface area contributed by atoms with Crippen LogP contribution in [0.1, 0.15) is 32.2 Å². The Labute approximate surface area is 183 Å². The van der Waals surface area contributed by atoms with Gasteiger partial charge in [0.2, 0.25) is 15.8 Å². The number of sulfonamides is 1. The van der Waals surface area contributed by atoms with Crippen molar-refractivity contribution in [2.24, 2.45) is 0 Å². The lowest BCUT2D eigenvalue weighted by atomic mass is 10.2. The van der Waals surface area contributed by atoms with Crippen LogP contribution in [0.2, 0.25) is 5.02 Å². The zero-order valence-corrected chi connectivity index (χ0v) is 17.9. The van der Waals surface area contributed by atoms with Crippen LogP contribution in [0, 0.1) is 0 Å². The number of benzene rings is 2. The molecule has 0 saturated heterocycles. The molecule has 10 heteroatoms. The highest BCUT2D eigenvalue weighted by atomic mass is 35.5. The molecule has 0 unspecified atom stereocenters. The van der Waals surface area contributed by atoms with Crippen molar-refractivity contribution in [1.82, 2.24) is 4.72 Å². The third-order valence-electron chi connectivity index (χ3n) is 4.16. The topological polar surface area (TPSA) is 112 Å². The molecule has 3 aromatic rings. The summed E-state index contributed by atoms with van der Waals surface area (Å²) in [6, 6.07) is 15.6. The highest BCUT2D eigenvalue weighted by Gasteiger charge is 2.21. The van der Waals surface area contributed by atoms with Gasteiger partial charge in [-0.25, -0.2) is 22.7 Å². The predicted octanol–water partition coefficient (Wildman–Crippen LogP) is 3.56. The molecule has 0 aliphatic carbocycles. The Morgan fingerprint density at radius 1 is 1.03 bits per heavy atom. The van der Waals surface area contributed by atoms with Gasteiger partial charge in [-0.1, -0.05) is 41.9 Å². The van der Waals surface area contributed by atoms with Gasteiger partial charge in [-0.3, -0.25) is 0 Å². The highest BCUT2D eigenvalue weighted by molar-refractivity contribution is 7.89. The van der Waals surface area contributed by atoms with E-state index < -0.39 is 22.0 Å². The zero-order valence-electron chi connectivity index (χ0n) is 16.3. The molecular weight excluding hydrogens is 446 g/mol. The Morgan fingerprint density at radius 2 is 1.77 bits per heavy atom. The monoisotopic (exact) mass is 463 g/mol. The van der Waals surface area contributed by atoms with Gasteiger partial charge in [-0.05, 0) is 35.9 Å². The van der Waals surface area contributed by atoms with Crippen molar-refractivity contribution in [3.05, 3.63) is 88.3 Å². The molecule has 1 heterocycles. The van der Waals surface area contributed by atoms with E-state index in [0.29, 0.717) is 0 Å². The minimum atomic E-state index is -3.98. The van der Waals surface area contributed by atoms with Crippen molar-refractivity contribution in [1.29, 1.82) is 0 Å². The molecule has 0 saturated carbocycles. The molecule has 0 radical (unpaired) electrons. The van der Waals surface area contributed by atoms with E-state index in [1.165, 1.54) is 31.4 Å². The molecule has 3 rings (SSSR count). The van der Waals surface area contributed by atoms with Crippen LogP contribution in [-0.4, -0.2) is 27.5 Å². The van der Waals surface area contributed by atoms with Crippen LogP contribution in [0.15, 0.2) is 70.0 Å². The molecule has 1 aromatic heterocycles. The molecule has 8 nitrogen and oxygen atoms in total. The second kappa shape index (κ2) is 9.78. The normalized spacial score (nSPS) is 11.2. The zero-order chi connectivity index (χ0) is 22.4. The summed E-state index contributed by atoms with van der Waals surface area (Å²) < 4.78 is 42.7. The maximum atomic E-state index is 12.7. The van der Waals surface area contributed by atoms with E-state index in [1.54, 1.807) is 24.3 Å². The number of rotatable bonds is 8. The lowest BCUT2D eigenvalue weighted by Gasteiger charge is -2.10. The van der Waals surface area contributed by atoms with Gasteiger partial charge in [0.25, 0.3) is 0 Å². The third-order valence-corrected chi connectivity index (χ3v) is 6.04. The van der Waals surface area contributed by atoms with E-state index in [4.69, 9.17) is 20.8 Å². The standard InChI is InChI=1S/C21H18ClNO7S/c1-28-21(25)18-10-8-16(30-18)13-29-20(24)15-7-9-17(22)19(11-15)31(26,27)23-12-14-5-3-2-4-6-14/h2-11,23H,12-13H2,1H3. The Hall–Kier alpha value is -3.14. The van der Waals surface area contributed by atoms with Gasteiger partial charge >= 0.3 is 11.9 Å². The highest BCUT2D eigenvalue weighted by Crippen LogP contribution is 2.23. The summed E-state index contributed by atoms with van der Waals surface area (Å²) in [6.45, 7) is -0.192. The van der Waals surface area contributed by atoms with E-state index >= 15 is 0 Å². The number of hydrogen-bond donors (Lipinski definition) is 1. The third kappa shape index (κ3) is 5.72. The average Bonchev–Trinajstić information content (AvgIpc) is 3.25. The fourth-order valence-electron chi connectivity index (χ4n) is 2.57. The first kappa shape index (κ1) is 22.5. The van der Waals surface area contributed by atoms with Crippen molar-refractivity contribution in [3.63, 3.8) is 0 Å². The molecular formula is C21H18ClNO7S. The Morgan fingerprint density at radius 3 is 2.48 bits per heavy atom. The van der Waals surface area contributed by atoms with Crippen LogP contribution in [-0.2, 0) is 32.6 Å². The van der Waals surface area contributed by atoms with Gasteiger partial charge in [0, 0.05) is 6.54 Å². The van der Waals surface area contributed by atoms with Gasteiger partial charge in [0.05, 0.1) is 17.7 Å². The van der Waals surface area contributed by atoms with Gasteiger partial charge in [0.1, 0.15) is 17.3 Å². The number of ether oxygens (including phenoxy) is 2. The van der Waals surface area contributed by atoms with Gasteiger partial charge in [-0.2, -0.15) is 0 Å². The van der Waals surface area contributed by atoms with Gasteiger partial charge < -0.3 is 13.9 Å². The van der Waals surface area contributed by atoms with Crippen LogP contribution < -0.4 is 4.72 Å². The molecule has 0 fully saturated rings. The summed E-state index contributed by atoms with van der Waals surface area (Å²) >= 11 is 6.06. The summed E-state index contributed by atoms with van der Waals surface area (Å²) in [5.41, 5.74) is 0.756. The minimum absolute atomic E-state index is 0.00997. The fraction of sp³-hybridized carbons (Fsp3) is 0.143. The molecule has 1 N–H and O–H groups in total. The number of furan rings is 1. The van der Waals surface area contributed by atoms with Gasteiger partial charge in [-0.15, -0.1) is 0 Å². The molecule has 31 heavy (non-hydrogen) atoms. The summed E-state index contributed by atoms with van der Waals surface area (Å²) in [7, 11) is -2.77. The second-order valence-electron chi connectivity index (χ2n) is 6.29. The van der Waals surface area contributed by atoms with E-state index in [0.717, 1.165) is 11.6 Å². The van der Waals surface area contributed by atoms with Crippen LogP contribution >= 0.6 is 11.6 Å². The van der Waals surface area contributed by atoms with Crippen LogP contribution in [0.3, 0.4) is 0 Å². The molecule has 0 bridgehead atoms. The summed E-state index contributed by atoms with van der Waals surface area (Å²) in [5.74, 6) is -1.25. The first-order valence-electron chi connectivity index (χ1n) is 8.97. The van der Waals surface area contributed by atoms with Crippen LogP contribution in [0.4, 0.5) is 0 Å². The Kier molecular flexibility index (Phi) is 7.11. The number of esters is 2. The number of carbonyl (C=O) groups excluding carboxylic acids is 2. The Bertz CT molecular complexity index is 1190. The lowest BCUT2D eigenvalue weighted by Crippen LogP contribution is -2.24. The molecule has 2 aromatic carbocycles. The summed E-state index contributed by atoms with van der Waals surface area (Å²) in [5, 5.41) is -0.0362. The molecule has 0 aliphatic rings. The summed E-state index contributed by atoms with van der Waals surface area (Å²) in [6.07, 6.45) is 0. The maximum Gasteiger partial charge on any atom is 0.373 e. The molecule has 0 amide bonds. The smallest absolute Gasteiger partial charge is 0.373 e. The molecule has 0 aliphatic heterocycles. The number of methoxy groups -OCH3 is 1.